The van der Waals surface area contributed by atoms with E-state index in [1.165, 1.54) is 12.7 Å². The lowest BCUT2D eigenvalue weighted by Gasteiger charge is -2.20. The van der Waals surface area contributed by atoms with Crippen molar-refractivity contribution in [2.75, 3.05) is 20.8 Å². The van der Waals surface area contributed by atoms with Crippen LogP contribution in [0.4, 0.5) is 0 Å². The van der Waals surface area contributed by atoms with Crippen LogP contribution in [0.1, 0.15) is 46.1 Å². The Balaban J connectivity index is 1.85. The molecule has 0 aliphatic carbocycles. The van der Waals surface area contributed by atoms with E-state index in [1.807, 2.05) is 51.1 Å². The van der Waals surface area contributed by atoms with Crippen LogP contribution in [0.25, 0.3) is 0 Å². The van der Waals surface area contributed by atoms with Crippen LogP contribution in [-0.2, 0) is 30.3 Å². The molecule has 0 spiro atoms. The van der Waals surface area contributed by atoms with E-state index in [0.29, 0.717) is 13.2 Å². The fourth-order valence-electron chi connectivity index (χ4n) is 3.32. The van der Waals surface area contributed by atoms with E-state index < -0.39 is 11.9 Å². The molecule has 6 nitrogen and oxygen atoms in total. The fraction of sp³-hybridized carbons (Fsp3) is 0.560. The second kappa shape index (κ2) is 12.0. The van der Waals surface area contributed by atoms with E-state index in [9.17, 15) is 4.79 Å². The van der Waals surface area contributed by atoms with Gasteiger partial charge in [0.25, 0.3) is 0 Å². The Kier molecular flexibility index (Phi) is 9.75. The molecule has 172 valence electrons. The zero-order valence-electron chi connectivity index (χ0n) is 19.6. The van der Waals surface area contributed by atoms with Crippen molar-refractivity contribution in [2.45, 2.75) is 65.1 Å². The minimum atomic E-state index is -0.668. The van der Waals surface area contributed by atoms with Crippen molar-refractivity contribution in [3.8, 4) is 5.75 Å². The predicted molar refractivity (Wildman–Crippen MR) is 120 cm³/mol. The molecule has 1 heterocycles. The average Bonchev–Trinajstić information content (AvgIpc) is 3.11. The summed E-state index contributed by atoms with van der Waals surface area (Å²) in [6, 6.07) is 7.58. The van der Waals surface area contributed by atoms with Gasteiger partial charge in [0.05, 0.1) is 33.5 Å². The summed E-state index contributed by atoms with van der Waals surface area (Å²) in [4.78, 5) is 12.2. The molecule has 0 unspecified atom stereocenters. The molecule has 31 heavy (non-hydrogen) atoms. The van der Waals surface area contributed by atoms with E-state index >= 15 is 0 Å². The number of carbonyl (C=O) groups excluding carboxylic acids is 1. The van der Waals surface area contributed by atoms with Crippen molar-refractivity contribution in [1.82, 2.24) is 0 Å². The third kappa shape index (κ3) is 8.48. The third-order valence-electron chi connectivity index (χ3n) is 5.18. The van der Waals surface area contributed by atoms with Gasteiger partial charge in [-0.1, -0.05) is 42.9 Å². The first-order valence-corrected chi connectivity index (χ1v) is 10.7. The highest BCUT2D eigenvalue weighted by molar-refractivity contribution is 5.75. The summed E-state index contributed by atoms with van der Waals surface area (Å²) in [5.41, 5.74) is 2.21. The van der Waals surface area contributed by atoms with Gasteiger partial charge in [0.1, 0.15) is 5.75 Å². The van der Waals surface area contributed by atoms with Crippen molar-refractivity contribution in [3.05, 3.63) is 53.6 Å². The van der Waals surface area contributed by atoms with Gasteiger partial charge >= 0.3 is 5.97 Å². The number of hydrogen-bond acceptors (Lipinski definition) is 6. The Morgan fingerprint density at radius 2 is 1.97 bits per heavy atom. The van der Waals surface area contributed by atoms with Gasteiger partial charge in [-0.3, -0.25) is 0 Å². The maximum absolute atomic E-state index is 12.2. The number of hydrogen-bond donors (Lipinski definition) is 0. The van der Waals surface area contributed by atoms with Crippen molar-refractivity contribution in [3.63, 3.8) is 0 Å². The molecule has 0 aromatic heterocycles. The lowest BCUT2D eigenvalue weighted by molar-refractivity contribution is -0.157. The molecular weight excluding hydrogens is 396 g/mol. The van der Waals surface area contributed by atoms with Gasteiger partial charge in [-0.15, -0.1) is 0 Å². The molecule has 1 fully saturated rings. The predicted octanol–water partition coefficient (Wildman–Crippen LogP) is 4.82. The highest BCUT2D eigenvalue weighted by Crippen LogP contribution is 2.25. The maximum Gasteiger partial charge on any atom is 0.335 e. The Labute approximate surface area is 186 Å². The molecule has 0 radical (unpaired) electrons. The van der Waals surface area contributed by atoms with Crippen molar-refractivity contribution >= 4 is 5.97 Å². The smallest absolute Gasteiger partial charge is 0.335 e. The molecule has 0 bridgehead atoms. The fourth-order valence-corrected chi connectivity index (χ4v) is 3.32. The van der Waals surface area contributed by atoms with Gasteiger partial charge in [-0.2, -0.15) is 0 Å². The van der Waals surface area contributed by atoms with Crippen molar-refractivity contribution in [2.24, 2.45) is 5.92 Å². The van der Waals surface area contributed by atoms with Gasteiger partial charge < -0.3 is 23.7 Å². The Bertz CT molecular complexity index is 750. The van der Waals surface area contributed by atoms with Crippen LogP contribution in [0.2, 0.25) is 0 Å². The van der Waals surface area contributed by atoms with E-state index in [-0.39, 0.29) is 18.0 Å². The van der Waals surface area contributed by atoms with E-state index in [0.717, 1.165) is 24.2 Å². The second-order valence-electron chi connectivity index (χ2n) is 8.33. The molecule has 1 aromatic rings. The summed E-state index contributed by atoms with van der Waals surface area (Å²) in [7, 11) is 3.01. The number of benzene rings is 1. The number of esters is 1. The summed E-state index contributed by atoms with van der Waals surface area (Å²) >= 11 is 0. The second-order valence-corrected chi connectivity index (χ2v) is 8.33. The molecule has 0 amide bonds. The molecule has 0 saturated carbocycles. The number of carbonyl (C=O) groups is 1. The summed E-state index contributed by atoms with van der Waals surface area (Å²) in [6.45, 7) is 8.85. The topological polar surface area (TPSA) is 63.2 Å². The van der Waals surface area contributed by atoms with Crippen LogP contribution >= 0.6 is 0 Å². The summed E-state index contributed by atoms with van der Waals surface area (Å²) in [6.07, 6.45) is 7.32. The number of methoxy groups -OCH3 is 2. The van der Waals surface area contributed by atoms with Crippen LogP contribution in [-0.4, -0.2) is 44.8 Å². The minimum Gasteiger partial charge on any atom is -0.497 e. The molecule has 1 aliphatic rings. The lowest BCUT2D eigenvalue weighted by Crippen LogP contribution is -2.31. The van der Waals surface area contributed by atoms with Gasteiger partial charge in [-0.25, -0.2) is 4.79 Å². The third-order valence-corrected chi connectivity index (χ3v) is 5.18. The molecule has 6 heteroatoms. The quantitative estimate of drug-likeness (QED) is 0.369. The van der Waals surface area contributed by atoms with E-state index in [1.54, 1.807) is 7.11 Å². The van der Waals surface area contributed by atoms with Crippen LogP contribution in [0.5, 0.6) is 5.75 Å². The lowest BCUT2D eigenvalue weighted by atomic mass is 10.0. The van der Waals surface area contributed by atoms with Crippen molar-refractivity contribution < 1.29 is 28.5 Å². The highest BCUT2D eigenvalue weighted by atomic mass is 16.7. The average molecular weight is 433 g/mol. The molecule has 0 N–H and O–H groups in total. The van der Waals surface area contributed by atoms with Crippen LogP contribution < -0.4 is 4.74 Å². The van der Waals surface area contributed by atoms with Crippen LogP contribution in [0.15, 0.2) is 48.1 Å². The van der Waals surface area contributed by atoms with Crippen LogP contribution in [0, 0.1) is 5.92 Å². The zero-order valence-corrected chi connectivity index (χ0v) is 19.6. The van der Waals surface area contributed by atoms with Gasteiger partial charge in [0, 0.05) is 5.92 Å². The summed E-state index contributed by atoms with van der Waals surface area (Å²) in [5, 5.41) is 0. The Morgan fingerprint density at radius 1 is 1.26 bits per heavy atom. The Hall–Kier alpha value is -2.15. The maximum atomic E-state index is 12.2. The van der Waals surface area contributed by atoms with Crippen molar-refractivity contribution in [1.29, 1.82) is 0 Å². The van der Waals surface area contributed by atoms with Crippen LogP contribution in [0.3, 0.4) is 0 Å². The molecule has 1 aromatic carbocycles. The molecule has 1 saturated heterocycles. The van der Waals surface area contributed by atoms with Gasteiger partial charge in [0.2, 0.25) is 0 Å². The first-order chi connectivity index (χ1) is 14.7. The van der Waals surface area contributed by atoms with Gasteiger partial charge in [-0.05, 0) is 51.3 Å². The van der Waals surface area contributed by atoms with E-state index in [2.05, 4.69) is 19.1 Å². The largest absolute Gasteiger partial charge is 0.497 e. The molecule has 3 atom stereocenters. The summed E-state index contributed by atoms with van der Waals surface area (Å²) in [5.74, 6) is -0.204. The monoisotopic (exact) mass is 432 g/mol. The first-order valence-electron chi connectivity index (χ1n) is 10.7. The first kappa shape index (κ1) is 25.1. The molecular formula is C25H36O6. The van der Waals surface area contributed by atoms with Gasteiger partial charge in [0.15, 0.2) is 11.9 Å². The normalized spacial score (nSPS) is 20.6. The Morgan fingerprint density at radius 3 is 2.55 bits per heavy atom. The number of allylic oxidation sites excluding steroid dienone is 2. The minimum absolute atomic E-state index is 0.0999. The zero-order chi connectivity index (χ0) is 22.9. The number of rotatable bonds is 11. The van der Waals surface area contributed by atoms with E-state index in [4.69, 9.17) is 23.7 Å². The molecule has 2 rings (SSSR count). The highest BCUT2D eigenvalue weighted by Gasteiger charge is 2.31. The molecule has 1 aliphatic heterocycles. The number of ether oxygens (including phenoxy) is 5. The standard InChI is InChI=1S/C25H36O6/c1-18(10-13-22-17-30-25(3,4)31-22)8-7-9-19(2)23(24(26)28-6)29-16-20-11-14-21(27-5)15-12-20/h7,9-12,14-15,19,22-23H,8,13,16-17H2,1-6H3/b9-7+,18-10+/t19-,22-,23+/m0/s1. The SMILES string of the molecule is COC(=O)[C@H](OCc1ccc(OC)cc1)[C@@H](C)/C=C/C/C(C)=C/C[C@H]1COC(C)(C)O1. The summed E-state index contributed by atoms with van der Waals surface area (Å²) < 4.78 is 27.4.